The third-order valence-corrected chi connectivity index (χ3v) is 5.15. The summed E-state index contributed by atoms with van der Waals surface area (Å²) in [6, 6.07) is 1.41. The molecule has 0 radical (unpaired) electrons. The maximum Gasteiger partial charge on any atom is 0.169 e. The van der Waals surface area contributed by atoms with E-state index in [9.17, 15) is 0 Å². The zero-order chi connectivity index (χ0) is 12.4. The van der Waals surface area contributed by atoms with E-state index in [0.29, 0.717) is 6.04 Å². The van der Waals surface area contributed by atoms with Crippen LogP contribution in [0.3, 0.4) is 0 Å². The lowest BCUT2D eigenvalue weighted by Crippen LogP contribution is -2.47. The zero-order valence-electron chi connectivity index (χ0n) is 11.2. The van der Waals surface area contributed by atoms with Crippen molar-refractivity contribution < 1.29 is 0 Å². The van der Waals surface area contributed by atoms with Crippen LogP contribution in [0.5, 0.6) is 0 Å². The predicted molar refractivity (Wildman–Crippen MR) is 78.8 cm³/mol. The second-order valence-corrected chi connectivity index (χ2v) is 6.45. The summed E-state index contributed by atoms with van der Waals surface area (Å²) in [6.07, 6.45) is 9.37. The lowest BCUT2D eigenvalue weighted by atomic mass is 10.2. The number of thiocarbonyl (C=S) groups is 1. The first-order valence-electron chi connectivity index (χ1n) is 7.62. The molecular formula is C14H25N3S. The molecule has 3 aliphatic rings. The topological polar surface area (TPSA) is 18.5 Å². The number of nitrogens with one attached hydrogen (secondary N) is 1. The molecule has 2 heterocycles. The third kappa shape index (κ3) is 2.80. The lowest BCUT2D eigenvalue weighted by Gasteiger charge is -2.29. The van der Waals surface area contributed by atoms with Crippen molar-refractivity contribution in [2.75, 3.05) is 26.2 Å². The van der Waals surface area contributed by atoms with Crippen LogP contribution in [0.15, 0.2) is 0 Å². The van der Waals surface area contributed by atoms with E-state index in [1.807, 2.05) is 0 Å². The number of fused-ring (bicyclic) bond motifs is 1. The van der Waals surface area contributed by atoms with Crippen LogP contribution in [-0.2, 0) is 0 Å². The van der Waals surface area contributed by atoms with Gasteiger partial charge in [-0.05, 0) is 50.9 Å². The van der Waals surface area contributed by atoms with E-state index in [1.54, 1.807) is 0 Å². The minimum absolute atomic E-state index is 0.653. The zero-order valence-corrected chi connectivity index (χ0v) is 12.1. The summed E-state index contributed by atoms with van der Waals surface area (Å²) >= 11 is 5.63. The quantitative estimate of drug-likeness (QED) is 0.732. The van der Waals surface area contributed by atoms with Gasteiger partial charge in [0.25, 0.3) is 0 Å². The van der Waals surface area contributed by atoms with Gasteiger partial charge in [0.05, 0.1) is 0 Å². The minimum Gasteiger partial charge on any atom is -0.360 e. The van der Waals surface area contributed by atoms with Crippen LogP contribution < -0.4 is 5.32 Å². The largest absolute Gasteiger partial charge is 0.360 e. The molecule has 0 aromatic rings. The van der Waals surface area contributed by atoms with Crippen molar-refractivity contribution in [2.24, 2.45) is 0 Å². The number of nitrogens with zero attached hydrogens (tertiary/aromatic N) is 2. The van der Waals surface area contributed by atoms with Gasteiger partial charge in [0.2, 0.25) is 0 Å². The highest BCUT2D eigenvalue weighted by atomic mass is 32.1. The van der Waals surface area contributed by atoms with Gasteiger partial charge >= 0.3 is 0 Å². The Morgan fingerprint density at radius 2 is 1.72 bits per heavy atom. The molecular weight excluding hydrogens is 242 g/mol. The molecule has 2 aliphatic heterocycles. The Morgan fingerprint density at radius 1 is 0.944 bits per heavy atom. The summed E-state index contributed by atoms with van der Waals surface area (Å²) in [6.45, 7) is 4.87. The van der Waals surface area contributed by atoms with E-state index in [1.165, 1.54) is 58.0 Å². The van der Waals surface area contributed by atoms with Gasteiger partial charge in [-0.25, -0.2) is 0 Å². The van der Waals surface area contributed by atoms with E-state index in [2.05, 4.69) is 15.1 Å². The van der Waals surface area contributed by atoms with Crippen molar-refractivity contribution in [1.82, 2.24) is 15.1 Å². The molecule has 0 bridgehead atoms. The van der Waals surface area contributed by atoms with Crippen LogP contribution in [0, 0.1) is 0 Å². The smallest absolute Gasteiger partial charge is 0.169 e. The fraction of sp³-hybridized carbons (Fsp3) is 0.929. The number of hydrogen-bond donors (Lipinski definition) is 1. The highest BCUT2D eigenvalue weighted by molar-refractivity contribution is 7.80. The molecule has 18 heavy (non-hydrogen) atoms. The van der Waals surface area contributed by atoms with Crippen LogP contribution in [-0.4, -0.2) is 53.2 Å². The monoisotopic (exact) mass is 267 g/mol. The Hall–Kier alpha value is -0.350. The highest BCUT2D eigenvalue weighted by Crippen LogP contribution is 2.22. The van der Waals surface area contributed by atoms with Gasteiger partial charge in [-0.3, -0.25) is 4.90 Å². The molecule has 3 fully saturated rings. The van der Waals surface area contributed by atoms with Crippen LogP contribution in [0.2, 0.25) is 0 Å². The van der Waals surface area contributed by atoms with Crippen molar-refractivity contribution >= 4 is 17.3 Å². The predicted octanol–water partition coefficient (Wildman–Crippen LogP) is 1.97. The lowest BCUT2D eigenvalue weighted by molar-refractivity contribution is 0.255. The summed E-state index contributed by atoms with van der Waals surface area (Å²) in [4.78, 5) is 5.10. The average molecular weight is 267 g/mol. The number of rotatable bonds is 1. The second-order valence-electron chi connectivity index (χ2n) is 6.06. The van der Waals surface area contributed by atoms with Gasteiger partial charge in [0.15, 0.2) is 5.11 Å². The molecule has 3 nitrogen and oxygen atoms in total. The summed E-state index contributed by atoms with van der Waals surface area (Å²) in [5, 5.41) is 4.62. The first-order valence-corrected chi connectivity index (χ1v) is 8.03. The van der Waals surface area contributed by atoms with Crippen LogP contribution in [0.4, 0.5) is 0 Å². The van der Waals surface area contributed by atoms with Gasteiger partial charge in [-0.15, -0.1) is 0 Å². The van der Waals surface area contributed by atoms with E-state index >= 15 is 0 Å². The first kappa shape index (κ1) is 12.7. The van der Waals surface area contributed by atoms with Crippen LogP contribution >= 0.6 is 12.2 Å². The first-order chi connectivity index (χ1) is 8.83. The average Bonchev–Trinajstić information content (AvgIpc) is 2.97. The van der Waals surface area contributed by atoms with Gasteiger partial charge < -0.3 is 10.2 Å². The Kier molecular flexibility index (Phi) is 4.04. The standard InChI is InChI=1S/C14H25N3S/c18-14(15-12-5-1-2-6-12)17-10-4-9-16-8-3-7-13(16)11-17/h12-13H,1-11H2,(H,15,18). The Labute approximate surface area is 116 Å². The van der Waals surface area contributed by atoms with Crippen molar-refractivity contribution in [2.45, 2.75) is 57.0 Å². The molecule has 4 heteroatoms. The van der Waals surface area contributed by atoms with Crippen molar-refractivity contribution in [1.29, 1.82) is 0 Å². The molecule has 2 saturated heterocycles. The van der Waals surface area contributed by atoms with E-state index in [4.69, 9.17) is 12.2 Å². The molecule has 0 aromatic carbocycles. The van der Waals surface area contributed by atoms with Gasteiger partial charge in [-0.2, -0.15) is 0 Å². The maximum atomic E-state index is 5.63. The summed E-state index contributed by atoms with van der Waals surface area (Å²) in [7, 11) is 0. The van der Waals surface area contributed by atoms with Crippen molar-refractivity contribution in [3.05, 3.63) is 0 Å². The molecule has 1 atom stereocenters. The van der Waals surface area contributed by atoms with Gasteiger partial charge in [0.1, 0.15) is 0 Å². The van der Waals surface area contributed by atoms with E-state index < -0.39 is 0 Å². The van der Waals surface area contributed by atoms with Gasteiger partial charge in [-0.1, -0.05) is 12.8 Å². The molecule has 102 valence electrons. The molecule has 0 amide bonds. The Balaban J connectivity index is 1.55. The maximum absolute atomic E-state index is 5.63. The fourth-order valence-corrected chi connectivity index (χ4v) is 4.06. The van der Waals surface area contributed by atoms with Crippen molar-refractivity contribution in [3.8, 4) is 0 Å². The summed E-state index contributed by atoms with van der Waals surface area (Å²) in [5.74, 6) is 0. The molecule has 1 N–H and O–H groups in total. The molecule has 0 spiro atoms. The Morgan fingerprint density at radius 3 is 2.56 bits per heavy atom. The summed E-state index contributed by atoms with van der Waals surface area (Å²) in [5.41, 5.74) is 0. The van der Waals surface area contributed by atoms with Crippen LogP contribution in [0.1, 0.15) is 44.9 Å². The SMILES string of the molecule is S=C(NC1CCCC1)N1CCCN2CCCC2C1. The van der Waals surface area contributed by atoms with Crippen molar-refractivity contribution in [3.63, 3.8) is 0 Å². The highest BCUT2D eigenvalue weighted by Gasteiger charge is 2.30. The second kappa shape index (κ2) is 5.74. The normalized spacial score (nSPS) is 30.2. The van der Waals surface area contributed by atoms with E-state index in [-0.39, 0.29) is 0 Å². The Bertz CT molecular complexity index is 301. The fourth-order valence-electron chi connectivity index (χ4n) is 3.73. The number of hydrogen-bond acceptors (Lipinski definition) is 2. The molecule has 3 rings (SSSR count). The molecule has 1 aliphatic carbocycles. The van der Waals surface area contributed by atoms with Gasteiger partial charge in [0, 0.05) is 31.7 Å². The molecule has 1 unspecified atom stereocenters. The third-order valence-electron chi connectivity index (χ3n) is 4.77. The van der Waals surface area contributed by atoms with Crippen LogP contribution in [0.25, 0.3) is 0 Å². The molecule has 1 saturated carbocycles. The molecule has 0 aromatic heterocycles. The van der Waals surface area contributed by atoms with E-state index in [0.717, 1.165) is 24.2 Å². The summed E-state index contributed by atoms with van der Waals surface area (Å²) < 4.78 is 0. The minimum atomic E-state index is 0.653.